The summed E-state index contributed by atoms with van der Waals surface area (Å²) in [6.07, 6.45) is 5.19. The second-order valence-electron chi connectivity index (χ2n) is 10.7. The van der Waals surface area contributed by atoms with Crippen molar-refractivity contribution in [2.24, 2.45) is 5.10 Å². The van der Waals surface area contributed by atoms with Crippen LogP contribution in [0.1, 0.15) is 55.7 Å². The molecule has 1 saturated heterocycles. The predicted octanol–water partition coefficient (Wildman–Crippen LogP) is 6.39. The topological polar surface area (TPSA) is 78.2 Å². The van der Waals surface area contributed by atoms with Crippen LogP contribution in [0.4, 0.5) is 5.69 Å². The van der Waals surface area contributed by atoms with Crippen molar-refractivity contribution in [3.8, 4) is 28.6 Å². The van der Waals surface area contributed by atoms with E-state index in [9.17, 15) is 4.79 Å². The number of hydrogen-bond acceptors (Lipinski definition) is 7. The van der Waals surface area contributed by atoms with Crippen molar-refractivity contribution in [3.05, 3.63) is 75.6 Å². The third-order valence-corrected chi connectivity index (χ3v) is 7.73. The molecule has 1 aromatic heterocycles. The van der Waals surface area contributed by atoms with Crippen molar-refractivity contribution < 1.29 is 14.2 Å². The quantitative estimate of drug-likeness (QED) is 0.235. The fourth-order valence-electron chi connectivity index (χ4n) is 5.48. The highest BCUT2D eigenvalue weighted by molar-refractivity contribution is 5.87. The first-order chi connectivity index (χ1) is 19.9. The van der Waals surface area contributed by atoms with Crippen molar-refractivity contribution >= 4 is 22.8 Å². The van der Waals surface area contributed by atoms with Crippen LogP contribution in [0, 0.1) is 6.92 Å². The minimum Gasteiger partial charge on any atom is -0.496 e. The lowest BCUT2D eigenvalue weighted by Crippen LogP contribution is -2.29. The maximum absolute atomic E-state index is 13.9. The predicted molar refractivity (Wildman–Crippen MR) is 165 cm³/mol. The average molecular weight is 555 g/mol. The summed E-state index contributed by atoms with van der Waals surface area (Å²) in [5.41, 5.74) is 4.85. The molecule has 8 heteroatoms. The van der Waals surface area contributed by atoms with Crippen LogP contribution in [0.3, 0.4) is 0 Å². The zero-order valence-electron chi connectivity index (χ0n) is 24.7. The Morgan fingerprint density at radius 1 is 0.902 bits per heavy atom. The van der Waals surface area contributed by atoms with Crippen LogP contribution in [0.25, 0.3) is 22.3 Å². The molecule has 0 bridgehead atoms. The Morgan fingerprint density at radius 2 is 1.61 bits per heavy atom. The molecule has 0 amide bonds. The van der Waals surface area contributed by atoms with Gasteiger partial charge in [0.25, 0.3) is 5.56 Å². The second-order valence-corrected chi connectivity index (χ2v) is 10.7. The summed E-state index contributed by atoms with van der Waals surface area (Å²) < 4.78 is 18.6. The maximum Gasteiger partial charge on any atom is 0.282 e. The number of piperidine rings is 1. The molecule has 214 valence electrons. The van der Waals surface area contributed by atoms with Gasteiger partial charge in [-0.25, -0.2) is 4.98 Å². The number of ether oxygens (including phenoxy) is 3. The molecule has 1 fully saturated rings. The van der Waals surface area contributed by atoms with Crippen LogP contribution in [0.2, 0.25) is 0 Å². The van der Waals surface area contributed by atoms with Gasteiger partial charge in [0.05, 0.1) is 44.1 Å². The zero-order chi connectivity index (χ0) is 29.1. The summed E-state index contributed by atoms with van der Waals surface area (Å²) in [6.45, 7) is 8.18. The largest absolute Gasteiger partial charge is 0.496 e. The second kappa shape index (κ2) is 12.0. The number of anilines is 1. The smallest absolute Gasteiger partial charge is 0.282 e. The lowest BCUT2D eigenvalue weighted by Gasteiger charge is -2.30. The molecule has 0 spiro atoms. The number of aromatic nitrogens is 2. The molecular weight excluding hydrogens is 516 g/mol. The van der Waals surface area contributed by atoms with Gasteiger partial charge in [-0.1, -0.05) is 26.0 Å². The number of para-hydroxylation sites is 1. The van der Waals surface area contributed by atoms with Crippen LogP contribution >= 0.6 is 0 Å². The van der Waals surface area contributed by atoms with E-state index < -0.39 is 0 Å². The number of aryl methyl sites for hydroxylation is 1. The first-order valence-corrected chi connectivity index (χ1v) is 14.1. The number of benzene rings is 3. The summed E-state index contributed by atoms with van der Waals surface area (Å²) in [4.78, 5) is 21.1. The normalized spacial score (nSPS) is 13.8. The molecule has 0 radical (unpaired) electrons. The number of rotatable bonds is 8. The van der Waals surface area contributed by atoms with E-state index in [0.29, 0.717) is 28.0 Å². The van der Waals surface area contributed by atoms with E-state index >= 15 is 0 Å². The summed E-state index contributed by atoms with van der Waals surface area (Å²) in [5, 5.41) is 5.22. The molecule has 4 aromatic rings. The molecule has 0 saturated carbocycles. The summed E-state index contributed by atoms with van der Waals surface area (Å²) in [7, 11) is 4.99. The van der Waals surface area contributed by atoms with Gasteiger partial charge in [-0.05, 0) is 73.6 Å². The Kier molecular flexibility index (Phi) is 8.28. The molecule has 0 aliphatic carbocycles. The van der Waals surface area contributed by atoms with Gasteiger partial charge in [-0.2, -0.15) is 9.78 Å². The van der Waals surface area contributed by atoms with E-state index in [1.165, 1.54) is 11.1 Å². The Bertz CT molecular complexity index is 1650. The SMILES string of the molecule is COc1cc(N2CCCCC2)c(OC)cc1C=Nn1c(-c2cc(C(C)C)c(OC)cc2C)nc2ccccc2c1=O. The van der Waals surface area contributed by atoms with E-state index in [2.05, 4.69) is 24.8 Å². The fraction of sp³-hybridized carbons (Fsp3) is 0.364. The maximum atomic E-state index is 13.9. The highest BCUT2D eigenvalue weighted by Gasteiger charge is 2.20. The Labute approximate surface area is 241 Å². The van der Waals surface area contributed by atoms with E-state index in [4.69, 9.17) is 24.3 Å². The minimum atomic E-state index is -0.251. The van der Waals surface area contributed by atoms with E-state index in [1.54, 1.807) is 33.6 Å². The lowest BCUT2D eigenvalue weighted by atomic mass is 9.96. The molecule has 1 aliphatic rings. The van der Waals surface area contributed by atoms with Crippen molar-refractivity contribution in [1.29, 1.82) is 0 Å². The van der Waals surface area contributed by atoms with Crippen molar-refractivity contribution in [2.75, 3.05) is 39.3 Å². The summed E-state index contributed by atoms with van der Waals surface area (Å²) >= 11 is 0. The van der Waals surface area contributed by atoms with Crippen LogP contribution in [-0.2, 0) is 0 Å². The van der Waals surface area contributed by atoms with Crippen LogP contribution in [-0.4, -0.2) is 50.3 Å². The Hall–Kier alpha value is -4.33. The number of nitrogens with zero attached hydrogens (tertiary/aromatic N) is 4. The zero-order valence-corrected chi connectivity index (χ0v) is 24.7. The molecule has 2 heterocycles. The highest BCUT2D eigenvalue weighted by atomic mass is 16.5. The molecule has 3 aromatic carbocycles. The van der Waals surface area contributed by atoms with Gasteiger partial charge in [-0.3, -0.25) is 4.79 Å². The average Bonchev–Trinajstić information content (AvgIpc) is 3.00. The molecule has 8 nitrogen and oxygen atoms in total. The van der Waals surface area contributed by atoms with Gasteiger partial charge in [0.1, 0.15) is 17.2 Å². The Balaban J connectivity index is 1.68. The molecule has 5 rings (SSSR count). The molecule has 41 heavy (non-hydrogen) atoms. The van der Waals surface area contributed by atoms with E-state index in [-0.39, 0.29) is 11.5 Å². The van der Waals surface area contributed by atoms with Gasteiger partial charge >= 0.3 is 0 Å². The highest BCUT2D eigenvalue weighted by Crippen LogP contribution is 2.37. The van der Waals surface area contributed by atoms with Crippen LogP contribution in [0.5, 0.6) is 17.2 Å². The lowest BCUT2D eigenvalue weighted by molar-refractivity contribution is 0.401. The van der Waals surface area contributed by atoms with E-state index in [1.807, 2.05) is 43.3 Å². The minimum absolute atomic E-state index is 0.212. The van der Waals surface area contributed by atoms with E-state index in [0.717, 1.165) is 59.8 Å². The van der Waals surface area contributed by atoms with Gasteiger partial charge in [0.2, 0.25) is 0 Å². The number of hydrogen-bond donors (Lipinski definition) is 0. The van der Waals surface area contributed by atoms with Crippen LogP contribution in [0.15, 0.2) is 58.4 Å². The first-order valence-electron chi connectivity index (χ1n) is 14.1. The number of fused-ring (bicyclic) bond motifs is 1. The van der Waals surface area contributed by atoms with Gasteiger partial charge in [0.15, 0.2) is 5.82 Å². The van der Waals surface area contributed by atoms with Crippen LogP contribution < -0.4 is 24.7 Å². The third kappa shape index (κ3) is 5.51. The molecule has 0 unspecified atom stereocenters. The fourth-order valence-corrected chi connectivity index (χ4v) is 5.48. The molecule has 1 aliphatic heterocycles. The van der Waals surface area contributed by atoms with Crippen molar-refractivity contribution in [1.82, 2.24) is 9.66 Å². The third-order valence-electron chi connectivity index (χ3n) is 7.73. The van der Waals surface area contributed by atoms with Crippen molar-refractivity contribution in [2.45, 2.75) is 46.0 Å². The van der Waals surface area contributed by atoms with Gasteiger partial charge in [0, 0.05) is 30.3 Å². The summed E-state index contributed by atoms with van der Waals surface area (Å²) in [6, 6.07) is 15.3. The molecule has 0 N–H and O–H groups in total. The molecular formula is C33H38N4O4. The summed E-state index contributed by atoms with van der Waals surface area (Å²) in [5.74, 6) is 2.88. The first kappa shape index (κ1) is 28.2. The van der Waals surface area contributed by atoms with Gasteiger partial charge < -0.3 is 19.1 Å². The monoisotopic (exact) mass is 554 g/mol. The van der Waals surface area contributed by atoms with Gasteiger partial charge in [-0.15, -0.1) is 0 Å². The standard InChI is InChI=1S/C33H38N4O4/c1-21(2)25-18-26(22(3)16-30(25)40-5)32-35-27-13-9-8-12-24(27)33(38)37(32)34-20-23-17-31(41-6)28(19-29(23)39-4)36-14-10-7-11-15-36/h8-9,12-13,16-21H,7,10-11,14-15H2,1-6H3. The molecule has 0 atom stereocenters. The Morgan fingerprint density at radius 3 is 2.29 bits per heavy atom. The van der Waals surface area contributed by atoms with Crippen molar-refractivity contribution in [3.63, 3.8) is 0 Å². The number of methoxy groups -OCH3 is 3.